The lowest BCUT2D eigenvalue weighted by Gasteiger charge is -2.19. The Morgan fingerprint density at radius 3 is 2.40 bits per heavy atom. The van der Waals surface area contributed by atoms with Gasteiger partial charge < -0.3 is 14.6 Å². The topological polar surface area (TPSA) is 56.2 Å². The zero-order valence-electron chi connectivity index (χ0n) is 22.3. The van der Waals surface area contributed by atoms with Gasteiger partial charge in [-0.1, -0.05) is 58.9 Å². The highest BCUT2D eigenvalue weighted by molar-refractivity contribution is 5.78. The molecule has 0 atom stereocenters. The Hall–Kier alpha value is -2.82. The minimum atomic E-state index is 0.123. The number of ether oxygens (including phenoxy) is 1. The van der Waals surface area contributed by atoms with E-state index in [1.54, 1.807) is 0 Å². The number of aryl methyl sites for hydroxylation is 2. The maximum absolute atomic E-state index is 12.2. The monoisotopic (exact) mass is 477 g/mol. The Morgan fingerprint density at radius 1 is 1.00 bits per heavy atom. The second kappa shape index (κ2) is 12.8. The van der Waals surface area contributed by atoms with E-state index in [1.807, 2.05) is 6.07 Å². The molecule has 1 amide bonds. The van der Waals surface area contributed by atoms with Crippen LogP contribution in [0, 0.1) is 5.92 Å². The van der Waals surface area contributed by atoms with Crippen LogP contribution in [0.4, 0.5) is 0 Å². The van der Waals surface area contributed by atoms with Crippen molar-refractivity contribution in [2.24, 2.45) is 5.92 Å². The Labute approximate surface area is 211 Å². The molecule has 35 heavy (non-hydrogen) atoms. The van der Waals surface area contributed by atoms with Crippen molar-refractivity contribution in [2.45, 2.75) is 85.1 Å². The Balaban J connectivity index is 1.50. The predicted octanol–water partition coefficient (Wildman–Crippen LogP) is 6.68. The number of aromatic nitrogens is 2. The first kappa shape index (κ1) is 26.8. The molecule has 0 aliphatic heterocycles. The number of nitrogens with one attached hydrogen (secondary N) is 1. The first-order valence-electron chi connectivity index (χ1n) is 13.3. The van der Waals surface area contributed by atoms with Crippen LogP contribution in [-0.4, -0.2) is 28.6 Å². The van der Waals surface area contributed by atoms with E-state index in [2.05, 4.69) is 87.0 Å². The number of rotatable bonds is 13. The molecule has 1 heterocycles. The lowest BCUT2D eigenvalue weighted by Crippen LogP contribution is -2.31. The van der Waals surface area contributed by atoms with Gasteiger partial charge in [-0.15, -0.1) is 0 Å². The van der Waals surface area contributed by atoms with Crippen LogP contribution in [0.25, 0.3) is 11.0 Å². The molecule has 0 aliphatic rings. The number of unbranched alkanes of at least 4 members (excludes halogenated alkanes) is 1. The van der Waals surface area contributed by atoms with E-state index in [4.69, 9.17) is 9.72 Å². The second-order valence-corrected chi connectivity index (χ2v) is 10.4. The largest absolute Gasteiger partial charge is 0.494 e. The van der Waals surface area contributed by atoms with Gasteiger partial charge in [-0.05, 0) is 67.3 Å². The van der Waals surface area contributed by atoms with Gasteiger partial charge in [0, 0.05) is 25.4 Å². The lowest BCUT2D eigenvalue weighted by atomic mass is 9.87. The quantitative estimate of drug-likeness (QED) is 0.279. The first-order valence-corrected chi connectivity index (χ1v) is 13.3. The lowest BCUT2D eigenvalue weighted by molar-refractivity contribution is -0.125. The van der Waals surface area contributed by atoms with Crippen molar-refractivity contribution >= 4 is 16.9 Å². The molecule has 0 saturated heterocycles. The molecule has 1 N–H and O–H groups in total. The van der Waals surface area contributed by atoms with Gasteiger partial charge in [0.1, 0.15) is 11.6 Å². The summed E-state index contributed by atoms with van der Waals surface area (Å²) in [7, 11) is 0. The van der Waals surface area contributed by atoms with Gasteiger partial charge in [0.25, 0.3) is 0 Å². The van der Waals surface area contributed by atoms with Crippen molar-refractivity contribution in [1.29, 1.82) is 0 Å². The van der Waals surface area contributed by atoms with E-state index in [0.29, 0.717) is 13.2 Å². The fourth-order valence-corrected chi connectivity index (χ4v) is 4.44. The summed E-state index contributed by atoms with van der Waals surface area (Å²) in [5.74, 6) is 2.33. The molecule has 3 rings (SSSR count). The number of para-hydroxylation sites is 2. The molecule has 0 bridgehead atoms. The molecular weight excluding hydrogens is 434 g/mol. The van der Waals surface area contributed by atoms with Gasteiger partial charge in [0.15, 0.2) is 0 Å². The number of benzene rings is 2. The highest BCUT2D eigenvalue weighted by Gasteiger charge is 2.15. The predicted molar refractivity (Wildman–Crippen MR) is 145 cm³/mol. The van der Waals surface area contributed by atoms with Crippen molar-refractivity contribution < 1.29 is 9.53 Å². The number of hydrogen-bond donors (Lipinski definition) is 1. The molecule has 0 fully saturated rings. The fourth-order valence-electron chi connectivity index (χ4n) is 4.44. The van der Waals surface area contributed by atoms with Crippen LogP contribution < -0.4 is 10.1 Å². The van der Waals surface area contributed by atoms with Crippen LogP contribution in [0.15, 0.2) is 48.5 Å². The third-order valence-electron chi connectivity index (χ3n) is 6.73. The number of amides is 1. The van der Waals surface area contributed by atoms with Crippen molar-refractivity contribution in [3.63, 3.8) is 0 Å². The van der Waals surface area contributed by atoms with Crippen LogP contribution in [0.2, 0.25) is 0 Å². The zero-order chi connectivity index (χ0) is 25.3. The van der Waals surface area contributed by atoms with Crippen molar-refractivity contribution in [3.8, 4) is 5.75 Å². The van der Waals surface area contributed by atoms with E-state index in [0.717, 1.165) is 62.2 Å². The molecule has 5 heteroatoms. The maximum Gasteiger partial charge on any atom is 0.223 e. The van der Waals surface area contributed by atoms with Crippen LogP contribution in [0.5, 0.6) is 5.75 Å². The fraction of sp³-hybridized carbons (Fsp3) is 0.533. The molecule has 5 nitrogen and oxygen atoms in total. The molecule has 1 aromatic heterocycles. The van der Waals surface area contributed by atoms with Gasteiger partial charge in [-0.3, -0.25) is 4.79 Å². The van der Waals surface area contributed by atoms with Gasteiger partial charge in [0.2, 0.25) is 5.91 Å². The van der Waals surface area contributed by atoms with E-state index in [-0.39, 0.29) is 17.2 Å². The van der Waals surface area contributed by atoms with Crippen LogP contribution in [0.3, 0.4) is 0 Å². The molecule has 0 aliphatic carbocycles. The summed E-state index contributed by atoms with van der Waals surface area (Å²) in [4.78, 5) is 17.1. The number of carbonyl (C=O) groups excluding carboxylic acids is 1. The molecule has 0 unspecified atom stereocenters. The molecule has 3 aromatic rings. The smallest absolute Gasteiger partial charge is 0.223 e. The average molecular weight is 478 g/mol. The van der Waals surface area contributed by atoms with Crippen LogP contribution in [-0.2, 0) is 23.2 Å². The molecule has 0 radical (unpaired) electrons. The first-order chi connectivity index (χ1) is 16.8. The minimum absolute atomic E-state index is 0.123. The number of carbonyl (C=O) groups is 1. The maximum atomic E-state index is 12.2. The Bertz CT molecular complexity index is 1060. The number of imidazole rings is 1. The number of hydrogen-bond acceptors (Lipinski definition) is 3. The second-order valence-electron chi connectivity index (χ2n) is 10.4. The highest BCUT2D eigenvalue weighted by atomic mass is 16.5. The standard InChI is InChI=1S/C30H43N3O2/c1-6-23(7-2)29(34)31-20-12-15-28-32-26-13-8-9-14-27(26)33(28)21-10-11-22-35-25-18-16-24(17-19-25)30(3,4)5/h8-9,13-14,16-19,23H,6-7,10-12,15,20-22H2,1-5H3,(H,31,34). The van der Waals surface area contributed by atoms with Crippen molar-refractivity contribution in [2.75, 3.05) is 13.2 Å². The Morgan fingerprint density at radius 2 is 1.71 bits per heavy atom. The molecule has 2 aromatic carbocycles. The minimum Gasteiger partial charge on any atom is -0.494 e. The number of fused-ring (bicyclic) bond motifs is 1. The normalized spacial score (nSPS) is 11.8. The summed E-state index contributed by atoms with van der Waals surface area (Å²) in [6.07, 6.45) is 5.54. The van der Waals surface area contributed by atoms with E-state index >= 15 is 0 Å². The van der Waals surface area contributed by atoms with Crippen LogP contribution in [0.1, 0.15) is 78.1 Å². The third-order valence-corrected chi connectivity index (χ3v) is 6.73. The van der Waals surface area contributed by atoms with E-state index in [9.17, 15) is 4.79 Å². The summed E-state index contributed by atoms with van der Waals surface area (Å²) >= 11 is 0. The van der Waals surface area contributed by atoms with Crippen LogP contribution >= 0.6 is 0 Å². The summed E-state index contributed by atoms with van der Waals surface area (Å²) in [6.45, 7) is 13.1. The summed E-state index contributed by atoms with van der Waals surface area (Å²) in [5, 5.41) is 3.10. The number of nitrogens with zero attached hydrogens (tertiary/aromatic N) is 2. The highest BCUT2D eigenvalue weighted by Crippen LogP contribution is 2.24. The van der Waals surface area contributed by atoms with E-state index in [1.165, 1.54) is 11.1 Å². The molecule has 0 saturated carbocycles. The Kier molecular flexibility index (Phi) is 9.76. The zero-order valence-corrected chi connectivity index (χ0v) is 22.3. The van der Waals surface area contributed by atoms with Crippen molar-refractivity contribution in [3.05, 3.63) is 59.9 Å². The SMILES string of the molecule is CCC(CC)C(=O)NCCCc1nc2ccccc2n1CCCCOc1ccc(C(C)(C)C)cc1. The van der Waals surface area contributed by atoms with Gasteiger partial charge in [0.05, 0.1) is 17.6 Å². The average Bonchev–Trinajstić information content (AvgIpc) is 3.19. The summed E-state index contributed by atoms with van der Waals surface area (Å²) in [5.41, 5.74) is 3.70. The molecule has 0 spiro atoms. The van der Waals surface area contributed by atoms with E-state index < -0.39 is 0 Å². The third kappa shape index (κ3) is 7.58. The summed E-state index contributed by atoms with van der Waals surface area (Å²) < 4.78 is 8.33. The summed E-state index contributed by atoms with van der Waals surface area (Å²) in [6, 6.07) is 16.8. The van der Waals surface area contributed by atoms with Crippen molar-refractivity contribution in [1.82, 2.24) is 14.9 Å². The van der Waals surface area contributed by atoms with Gasteiger partial charge >= 0.3 is 0 Å². The van der Waals surface area contributed by atoms with Gasteiger partial charge in [-0.2, -0.15) is 0 Å². The van der Waals surface area contributed by atoms with Gasteiger partial charge in [-0.25, -0.2) is 4.98 Å². The molecule has 190 valence electrons. The molecular formula is C30H43N3O2.